The third kappa shape index (κ3) is 7.30. The van der Waals surface area contributed by atoms with Crippen LogP contribution in [0.25, 0.3) is 0 Å². The van der Waals surface area contributed by atoms with Gasteiger partial charge in [-0.25, -0.2) is 4.68 Å². The number of carbonyl (C=O) groups excluding carboxylic acids is 1. The van der Waals surface area contributed by atoms with Gasteiger partial charge in [-0.05, 0) is 67.8 Å². The third-order valence-corrected chi connectivity index (χ3v) is 9.06. The van der Waals surface area contributed by atoms with Crippen molar-refractivity contribution in [1.82, 2.24) is 14.8 Å². The first-order valence-electron chi connectivity index (χ1n) is 15.5. The number of hydrogen-bond acceptors (Lipinski definition) is 8. The number of rotatable bonds is 12. The average Bonchev–Trinajstić information content (AvgIpc) is 3.49. The number of benzene rings is 4. The molecule has 0 saturated carbocycles. The Labute approximate surface area is 289 Å². The van der Waals surface area contributed by atoms with Crippen LogP contribution in [0.5, 0.6) is 17.2 Å². The van der Waals surface area contributed by atoms with Crippen LogP contribution in [0.4, 0.5) is 11.6 Å². The Morgan fingerprint density at radius 3 is 2.56 bits per heavy atom. The maximum atomic E-state index is 14.2. The van der Waals surface area contributed by atoms with E-state index < -0.39 is 6.04 Å². The number of anilines is 2. The first-order valence-corrected chi connectivity index (χ1v) is 16.9. The molecule has 1 amide bonds. The molecule has 1 unspecified atom stereocenters. The quantitative estimate of drug-likeness (QED) is 0.127. The highest BCUT2D eigenvalue weighted by atomic mass is 35.5. The Morgan fingerprint density at radius 2 is 1.77 bits per heavy atom. The molecule has 4 aromatic carbocycles. The molecule has 1 aromatic heterocycles. The number of carbonyl (C=O) groups is 1. The summed E-state index contributed by atoms with van der Waals surface area (Å²) in [6.45, 7) is 6.67. The molecule has 1 atom stereocenters. The number of nitrogens with one attached hydrogen (secondary N) is 2. The van der Waals surface area contributed by atoms with Gasteiger partial charge in [-0.15, -0.1) is 5.10 Å². The molecule has 48 heavy (non-hydrogen) atoms. The number of halogens is 1. The minimum absolute atomic E-state index is 0.303. The van der Waals surface area contributed by atoms with Crippen LogP contribution in [0.3, 0.4) is 0 Å². The van der Waals surface area contributed by atoms with Crippen LogP contribution >= 0.6 is 23.4 Å². The van der Waals surface area contributed by atoms with Crippen LogP contribution < -0.4 is 24.8 Å². The zero-order chi connectivity index (χ0) is 33.6. The summed E-state index contributed by atoms with van der Waals surface area (Å²) in [6.07, 6.45) is 0. The molecule has 1 aliphatic rings. The fraction of sp³-hybridized carbons (Fsp3) is 0.216. The Bertz CT molecular complexity index is 1980. The fourth-order valence-corrected chi connectivity index (χ4v) is 6.64. The van der Waals surface area contributed by atoms with E-state index in [1.165, 1.54) is 11.8 Å². The van der Waals surface area contributed by atoms with Crippen LogP contribution in [0, 0.1) is 6.92 Å². The second kappa shape index (κ2) is 14.9. The molecule has 0 aliphatic carbocycles. The standard InChI is InChI=1S/C37H36ClN5O4S/c1-5-46-30-16-9-8-15-29(30)40-35(44)33-24(3)39-36-41-37(48-22-27-13-6-7-14-28(27)38)42-43(36)34(33)26-17-18-31(32(20-26)45-4)47-21-25-12-10-11-23(2)19-25/h6-20,34H,5,21-22H2,1-4H3,(H,40,44)(H,39,41,42). The van der Waals surface area contributed by atoms with Crippen molar-refractivity contribution in [2.75, 3.05) is 24.4 Å². The van der Waals surface area contributed by atoms with Gasteiger partial charge in [0.05, 0.1) is 25.0 Å². The molecule has 0 saturated heterocycles. The molecular formula is C37H36ClN5O4S. The minimum Gasteiger partial charge on any atom is -0.493 e. The third-order valence-electron chi connectivity index (χ3n) is 7.81. The monoisotopic (exact) mass is 681 g/mol. The van der Waals surface area contributed by atoms with Crippen molar-refractivity contribution in [3.8, 4) is 17.2 Å². The van der Waals surface area contributed by atoms with E-state index in [0.29, 0.717) is 69.3 Å². The van der Waals surface area contributed by atoms with Crippen molar-refractivity contribution in [1.29, 1.82) is 0 Å². The van der Waals surface area contributed by atoms with E-state index in [0.717, 1.165) is 22.3 Å². The number of thioether (sulfide) groups is 1. The number of aryl methyl sites for hydroxylation is 1. The van der Waals surface area contributed by atoms with Crippen molar-refractivity contribution < 1.29 is 19.0 Å². The molecule has 1 aliphatic heterocycles. The van der Waals surface area contributed by atoms with Crippen LogP contribution in [-0.2, 0) is 17.2 Å². The van der Waals surface area contributed by atoms with E-state index >= 15 is 0 Å². The highest BCUT2D eigenvalue weighted by Gasteiger charge is 2.35. The fourth-order valence-electron chi connectivity index (χ4n) is 5.53. The summed E-state index contributed by atoms with van der Waals surface area (Å²) >= 11 is 7.88. The second-order valence-electron chi connectivity index (χ2n) is 11.2. The maximum absolute atomic E-state index is 14.2. The van der Waals surface area contributed by atoms with Gasteiger partial charge in [-0.1, -0.05) is 89.6 Å². The molecule has 2 N–H and O–H groups in total. The van der Waals surface area contributed by atoms with Gasteiger partial charge in [0, 0.05) is 16.5 Å². The Hall–Kier alpha value is -4.93. The van der Waals surface area contributed by atoms with E-state index in [1.54, 1.807) is 11.8 Å². The van der Waals surface area contributed by atoms with Crippen molar-refractivity contribution in [2.24, 2.45) is 0 Å². The van der Waals surface area contributed by atoms with Crippen molar-refractivity contribution >= 4 is 40.9 Å². The number of methoxy groups -OCH3 is 1. The maximum Gasteiger partial charge on any atom is 0.255 e. The largest absolute Gasteiger partial charge is 0.493 e. The molecule has 11 heteroatoms. The lowest BCUT2D eigenvalue weighted by Crippen LogP contribution is -2.31. The predicted molar refractivity (Wildman–Crippen MR) is 190 cm³/mol. The highest BCUT2D eigenvalue weighted by molar-refractivity contribution is 7.98. The van der Waals surface area contributed by atoms with E-state index in [2.05, 4.69) is 29.7 Å². The number of allylic oxidation sites excluding steroid dienone is 1. The molecule has 0 radical (unpaired) electrons. The Kier molecular flexibility index (Phi) is 10.2. The highest BCUT2D eigenvalue weighted by Crippen LogP contribution is 2.41. The molecule has 0 spiro atoms. The van der Waals surface area contributed by atoms with Crippen LogP contribution in [-0.4, -0.2) is 34.4 Å². The molecule has 0 fully saturated rings. The van der Waals surface area contributed by atoms with Crippen molar-refractivity contribution in [2.45, 2.75) is 44.3 Å². The topological polar surface area (TPSA) is 99.5 Å². The number of amides is 1. The Balaban J connectivity index is 1.35. The number of nitrogens with zero attached hydrogens (tertiary/aromatic N) is 3. The van der Waals surface area contributed by atoms with E-state index in [-0.39, 0.29) is 5.91 Å². The van der Waals surface area contributed by atoms with Crippen LogP contribution in [0.1, 0.15) is 42.1 Å². The predicted octanol–water partition coefficient (Wildman–Crippen LogP) is 8.45. The van der Waals surface area contributed by atoms with Gasteiger partial charge in [0.1, 0.15) is 18.4 Å². The first kappa shape index (κ1) is 33.0. The van der Waals surface area contributed by atoms with Gasteiger partial charge >= 0.3 is 0 Å². The Morgan fingerprint density at radius 1 is 0.958 bits per heavy atom. The molecule has 9 nitrogen and oxygen atoms in total. The van der Waals surface area contributed by atoms with Crippen molar-refractivity contribution in [3.05, 3.63) is 130 Å². The van der Waals surface area contributed by atoms with Crippen molar-refractivity contribution in [3.63, 3.8) is 0 Å². The second-order valence-corrected chi connectivity index (χ2v) is 12.5. The van der Waals surface area contributed by atoms with Gasteiger partial charge in [0.15, 0.2) is 11.5 Å². The summed E-state index contributed by atoms with van der Waals surface area (Å²) in [6, 6.07) is 28.3. The molecular weight excluding hydrogens is 646 g/mol. The van der Waals surface area contributed by atoms with Gasteiger partial charge < -0.3 is 24.8 Å². The van der Waals surface area contributed by atoms with Gasteiger partial charge in [0.2, 0.25) is 11.1 Å². The van der Waals surface area contributed by atoms with Crippen LogP contribution in [0.2, 0.25) is 5.02 Å². The van der Waals surface area contributed by atoms with Gasteiger partial charge in [0.25, 0.3) is 5.91 Å². The average molecular weight is 682 g/mol. The lowest BCUT2D eigenvalue weighted by molar-refractivity contribution is -0.113. The van der Waals surface area contributed by atoms with E-state index in [4.69, 9.17) is 35.9 Å². The number of aromatic nitrogens is 3. The lowest BCUT2D eigenvalue weighted by Gasteiger charge is -2.29. The lowest BCUT2D eigenvalue weighted by atomic mass is 9.94. The normalized spacial score (nSPS) is 13.8. The molecule has 5 aromatic rings. The van der Waals surface area contributed by atoms with E-state index in [1.807, 2.05) is 92.7 Å². The van der Waals surface area contributed by atoms with Gasteiger partial charge in [-0.2, -0.15) is 4.98 Å². The number of ether oxygens (including phenoxy) is 3. The first-order chi connectivity index (χ1) is 23.3. The smallest absolute Gasteiger partial charge is 0.255 e. The number of hydrogen-bond donors (Lipinski definition) is 2. The summed E-state index contributed by atoms with van der Waals surface area (Å²) < 4.78 is 19.5. The molecule has 2 heterocycles. The van der Waals surface area contributed by atoms with Crippen LogP contribution in [0.15, 0.2) is 107 Å². The minimum atomic E-state index is -0.637. The van der Waals surface area contributed by atoms with E-state index in [9.17, 15) is 4.79 Å². The number of fused-ring (bicyclic) bond motifs is 1. The summed E-state index contributed by atoms with van der Waals surface area (Å²) in [5.74, 6) is 2.51. The zero-order valence-electron chi connectivity index (χ0n) is 27.1. The SMILES string of the molecule is CCOc1ccccc1NC(=O)C1=C(C)Nc2nc(SCc3ccccc3Cl)nn2C1c1ccc(OCc2cccc(C)c2)c(OC)c1. The number of para-hydroxylation sites is 2. The molecule has 246 valence electrons. The molecule has 6 rings (SSSR count). The summed E-state index contributed by atoms with van der Waals surface area (Å²) in [7, 11) is 1.60. The summed E-state index contributed by atoms with van der Waals surface area (Å²) in [4.78, 5) is 19.0. The zero-order valence-corrected chi connectivity index (χ0v) is 28.7. The van der Waals surface area contributed by atoms with Gasteiger partial charge in [-0.3, -0.25) is 4.79 Å². The molecule has 0 bridgehead atoms. The summed E-state index contributed by atoms with van der Waals surface area (Å²) in [5.41, 5.74) is 5.65. The summed E-state index contributed by atoms with van der Waals surface area (Å²) in [5, 5.41) is 12.5.